The van der Waals surface area contributed by atoms with Gasteiger partial charge in [-0.05, 0) is 42.5 Å². The van der Waals surface area contributed by atoms with Crippen LogP contribution in [0.3, 0.4) is 0 Å². The highest BCUT2D eigenvalue weighted by Gasteiger charge is 2.12. The lowest BCUT2D eigenvalue weighted by atomic mass is 10.1. The van der Waals surface area contributed by atoms with E-state index in [4.69, 9.17) is 4.52 Å². The Bertz CT molecular complexity index is 1350. The largest absolute Gasteiger partial charge is 0.334 e. The van der Waals surface area contributed by atoms with Crippen molar-refractivity contribution in [2.75, 3.05) is 5.32 Å². The number of aromatic nitrogens is 4. The molecule has 2 aromatic heterocycles. The number of aromatic amines is 1. The van der Waals surface area contributed by atoms with Gasteiger partial charge >= 0.3 is 0 Å². The van der Waals surface area contributed by atoms with Crippen LogP contribution in [0, 0.1) is 0 Å². The minimum Gasteiger partial charge on any atom is -0.334 e. The predicted octanol–water partition coefficient (Wildman–Crippen LogP) is 2.95. The fourth-order valence-electron chi connectivity index (χ4n) is 2.89. The summed E-state index contributed by atoms with van der Waals surface area (Å²) < 4.78 is 6.36. The molecule has 0 fully saturated rings. The average molecular weight is 417 g/mol. The summed E-state index contributed by atoms with van der Waals surface area (Å²) in [4.78, 5) is 40.6. The van der Waals surface area contributed by atoms with E-state index in [9.17, 15) is 14.4 Å². The van der Waals surface area contributed by atoms with Gasteiger partial charge in [-0.2, -0.15) is 4.98 Å². The van der Waals surface area contributed by atoms with Crippen LogP contribution in [0.4, 0.5) is 5.69 Å². The third-order valence-corrected chi connectivity index (χ3v) is 4.53. The molecule has 31 heavy (non-hydrogen) atoms. The Morgan fingerprint density at radius 3 is 2.55 bits per heavy atom. The van der Waals surface area contributed by atoms with Gasteiger partial charge in [0.1, 0.15) is 0 Å². The second kappa shape index (κ2) is 8.23. The van der Waals surface area contributed by atoms with Crippen LogP contribution in [0.15, 0.2) is 74.8 Å². The summed E-state index contributed by atoms with van der Waals surface area (Å²) in [5.74, 6) is 0.847. The van der Waals surface area contributed by atoms with Crippen LogP contribution in [0.5, 0.6) is 0 Å². The number of carbonyl (C=O) groups excluding carboxylic acids is 1. The van der Waals surface area contributed by atoms with E-state index in [-0.39, 0.29) is 11.8 Å². The molecule has 0 saturated carbocycles. The maximum Gasteiger partial charge on any atom is 0.269 e. The molecule has 0 aliphatic rings. The van der Waals surface area contributed by atoms with E-state index in [2.05, 4.69) is 20.6 Å². The van der Waals surface area contributed by atoms with Gasteiger partial charge in [-0.25, -0.2) is 4.68 Å². The quantitative estimate of drug-likeness (QED) is 0.515. The standard InChI is InChI=1S/C22H19N5O4/c1-13(2)20-24-22(31-26-20)14-6-8-16(9-7-14)23-21(30)15-4-3-5-17(12-15)27-19(29)11-10-18(28)25-27/h3-13H,1-2H3,(H,23,30)(H,25,28). The van der Waals surface area contributed by atoms with E-state index in [1.54, 1.807) is 42.5 Å². The Balaban J connectivity index is 1.52. The molecule has 156 valence electrons. The molecule has 0 aliphatic carbocycles. The molecule has 0 spiro atoms. The third kappa shape index (κ3) is 4.35. The summed E-state index contributed by atoms with van der Waals surface area (Å²) in [5, 5.41) is 9.18. The van der Waals surface area contributed by atoms with E-state index in [0.29, 0.717) is 28.7 Å². The van der Waals surface area contributed by atoms with Crippen LogP contribution >= 0.6 is 0 Å². The zero-order valence-corrected chi connectivity index (χ0v) is 16.8. The van der Waals surface area contributed by atoms with Crippen LogP contribution in [0.1, 0.15) is 35.9 Å². The molecule has 2 N–H and O–H groups in total. The summed E-state index contributed by atoms with van der Waals surface area (Å²) in [7, 11) is 0. The first kappa shape index (κ1) is 20.0. The number of nitrogens with one attached hydrogen (secondary N) is 2. The minimum absolute atomic E-state index is 0.163. The van der Waals surface area contributed by atoms with Gasteiger partial charge < -0.3 is 9.84 Å². The van der Waals surface area contributed by atoms with Crippen molar-refractivity contribution < 1.29 is 9.32 Å². The van der Waals surface area contributed by atoms with Crippen molar-refractivity contribution >= 4 is 11.6 Å². The zero-order valence-electron chi connectivity index (χ0n) is 16.8. The minimum atomic E-state index is -0.420. The Morgan fingerprint density at radius 2 is 1.84 bits per heavy atom. The number of H-pyrrole nitrogens is 1. The fraction of sp³-hybridized carbons (Fsp3) is 0.136. The summed E-state index contributed by atoms with van der Waals surface area (Å²) in [6.07, 6.45) is 0. The topological polar surface area (TPSA) is 123 Å². The van der Waals surface area contributed by atoms with Crippen molar-refractivity contribution in [3.8, 4) is 17.1 Å². The third-order valence-electron chi connectivity index (χ3n) is 4.53. The van der Waals surface area contributed by atoms with Crippen molar-refractivity contribution in [3.63, 3.8) is 0 Å². The molecule has 2 aromatic carbocycles. The molecule has 2 heterocycles. The van der Waals surface area contributed by atoms with Gasteiger partial charge in [0.05, 0.1) is 5.69 Å². The number of benzene rings is 2. The van der Waals surface area contributed by atoms with Gasteiger partial charge in [-0.3, -0.25) is 19.5 Å². The Labute approximate surface area is 176 Å². The lowest BCUT2D eigenvalue weighted by Crippen LogP contribution is -2.26. The first-order valence-corrected chi connectivity index (χ1v) is 9.59. The van der Waals surface area contributed by atoms with E-state index in [1.807, 2.05) is 13.8 Å². The van der Waals surface area contributed by atoms with E-state index < -0.39 is 11.1 Å². The van der Waals surface area contributed by atoms with Gasteiger partial charge in [-0.1, -0.05) is 25.1 Å². The van der Waals surface area contributed by atoms with Gasteiger partial charge in [0.2, 0.25) is 0 Å². The molecule has 9 nitrogen and oxygen atoms in total. The van der Waals surface area contributed by atoms with Gasteiger partial charge in [0.25, 0.3) is 22.9 Å². The van der Waals surface area contributed by atoms with Crippen molar-refractivity contribution in [1.29, 1.82) is 0 Å². The summed E-state index contributed by atoms with van der Waals surface area (Å²) in [6.45, 7) is 3.96. The summed E-state index contributed by atoms with van der Waals surface area (Å²) in [6, 6.07) is 15.7. The smallest absolute Gasteiger partial charge is 0.269 e. The Hall–Kier alpha value is -4.27. The number of nitrogens with zero attached hydrogens (tertiary/aromatic N) is 3. The summed E-state index contributed by atoms with van der Waals surface area (Å²) >= 11 is 0. The van der Waals surface area contributed by atoms with Crippen molar-refractivity contribution in [3.05, 3.63) is 92.8 Å². The highest BCUT2D eigenvalue weighted by molar-refractivity contribution is 6.04. The molecule has 0 unspecified atom stereocenters. The summed E-state index contributed by atoms with van der Waals surface area (Å²) in [5.41, 5.74) is 1.20. The predicted molar refractivity (Wildman–Crippen MR) is 114 cm³/mol. The molecule has 0 bridgehead atoms. The molecule has 0 saturated heterocycles. The van der Waals surface area contributed by atoms with Crippen molar-refractivity contribution in [2.45, 2.75) is 19.8 Å². The van der Waals surface area contributed by atoms with Crippen LogP contribution in [0.2, 0.25) is 0 Å². The second-order valence-corrected chi connectivity index (χ2v) is 7.18. The molecular formula is C22H19N5O4. The van der Waals surface area contributed by atoms with Crippen LogP contribution in [-0.4, -0.2) is 25.8 Å². The van der Waals surface area contributed by atoms with Gasteiger partial charge in [0, 0.05) is 34.9 Å². The average Bonchev–Trinajstić information content (AvgIpc) is 3.27. The van der Waals surface area contributed by atoms with Crippen LogP contribution in [-0.2, 0) is 0 Å². The number of carbonyl (C=O) groups is 1. The van der Waals surface area contributed by atoms with Gasteiger partial charge in [-0.15, -0.1) is 0 Å². The monoisotopic (exact) mass is 417 g/mol. The number of amides is 1. The normalized spacial score (nSPS) is 10.9. The van der Waals surface area contributed by atoms with Gasteiger partial charge in [0.15, 0.2) is 5.82 Å². The Morgan fingerprint density at radius 1 is 1.06 bits per heavy atom. The molecule has 4 aromatic rings. The lowest BCUT2D eigenvalue weighted by molar-refractivity contribution is 0.102. The second-order valence-electron chi connectivity index (χ2n) is 7.18. The zero-order chi connectivity index (χ0) is 22.0. The van der Waals surface area contributed by atoms with Crippen molar-refractivity contribution in [2.24, 2.45) is 0 Å². The fourth-order valence-corrected chi connectivity index (χ4v) is 2.89. The van der Waals surface area contributed by atoms with E-state index in [0.717, 1.165) is 16.3 Å². The Kier molecular flexibility index (Phi) is 5.31. The lowest BCUT2D eigenvalue weighted by Gasteiger charge is -2.09. The molecule has 9 heteroatoms. The first-order valence-electron chi connectivity index (χ1n) is 9.59. The molecule has 0 aliphatic heterocycles. The molecule has 4 rings (SSSR count). The highest BCUT2D eigenvalue weighted by atomic mass is 16.5. The number of hydrogen-bond donors (Lipinski definition) is 2. The number of anilines is 1. The van der Waals surface area contributed by atoms with Crippen molar-refractivity contribution in [1.82, 2.24) is 19.9 Å². The maximum atomic E-state index is 12.7. The maximum absolute atomic E-state index is 12.7. The number of rotatable bonds is 5. The van der Waals surface area contributed by atoms with E-state index in [1.165, 1.54) is 12.1 Å². The first-order chi connectivity index (χ1) is 14.9. The molecule has 1 amide bonds. The molecule has 0 atom stereocenters. The highest BCUT2D eigenvalue weighted by Crippen LogP contribution is 2.22. The molecule has 0 radical (unpaired) electrons. The van der Waals surface area contributed by atoms with Crippen LogP contribution < -0.4 is 16.4 Å². The SMILES string of the molecule is CC(C)c1noc(-c2ccc(NC(=O)c3cccc(-n4[nH]c(=O)ccc4=O)c3)cc2)n1. The van der Waals surface area contributed by atoms with Crippen LogP contribution in [0.25, 0.3) is 17.1 Å². The number of hydrogen-bond acceptors (Lipinski definition) is 6. The molecular weight excluding hydrogens is 398 g/mol. The van der Waals surface area contributed by atoms with E-state index >= 15 is 0 Å².